The lowest BCUT2D eigenvalue weighted by molar-refractivity contribution is -0.125. The number of hydrogen-bond acceptors (Lipinski definition) is 5. The number of piperidine rings is 1. The number of nitrogens with zero attached hydrogens (tertiary/aromatic N) is 4. The molecule has 0 spiro atoms. The molecule has 2 aliphatic heterocycles. The maximum atomic E-state index is 15.1. The standard InChI is InChI=1S/C26H30FN7O2/c1-2-22(35)34-13-9-19(16-34)30-25-23-20(8-10-28-24(23)31-32-25)17-6-7-18(21(27)14-17)15-29-26(36)33-11-4-3-5-12-33/h2,6-8,10,14,19H,1,3-5,9,11-13,15-16H2,(H,29,36)(H2,28,30,31,32)/t19-/m1/s1. The van der Waals surface area contributed by atoms with Crippen molar-refractivity contribution in [3.63, 3.8) is 0 Å². The summed E-state index contributed by atoms with van der Waals surface area (Å²) < 4.78 is 15.1. The molecule has 0 unspecified atom stereocenters. The Balaban J connectivity index is 1.33. The summed E-state index contributed by atoms with van der Waals surface area (Å²) in [5, 5.41) is 14.4. The van der Waals surface area contributed by atoms with Crippen LogP contribution in [0.5, 0.6) is 0 Å². The number of aromatic nitrogens is 3. The number of anilines is 1. The Morgan fingerprint density at radius 1 is 1.17 bits per heavy atom. The Morgan fingerprint density at radius 2 is 2.00 bits per heavy atom. The normalized spacial score (nSPS) is 17.9. The summed E-state index contributed by atoms with van der Waals surface area (Å²) in [6.45, 7) is 6.39. The fourth-order valence-corrected chi connectivity index (χ4v) is 4.93. The highest BCUT2D eigenvalue weighted by molar-refractivity contribution is 6.00. The third-order valence-electron chi connectivity index (χ3n) is 6.91. The van der Waals surface area contributed by atoms with E-state index in [-0.39, 0.29) is 30.3 Å². The fraction of sp³-hybridized carbons (Fsp3) is 0.385. The molecule has 2 aromatic heterocycles. The van der Waals surface area contributed by atoms with E-state index >= 15 is 4.39 Å². The topological polar surface area (TPSA) is 106 Å². The number of likely N-dealkylation sites (tertiary alicyclic amines) is 2. The molecule has 2 saturated heterocycles. The van der Waals surface area contributed by atoms with Gasteiger partial charge in [0.25, 0.3) is 0 Å². The third-order valence-corrected chi connectivity index (χ3v) is 6.91. The molecule has 0 saturated carbocycles. The van der Waals surface area contributed by atoms with Crippen molar-refractivity contribution in [1.82, 2.24) is 30.3 Å². The molecule has 3 aromatic rings. The van der Waals surface area contributed by atoms with Gasteiger partial charge in [-0.15, -0.1) is 0 Å². The number of nitrogens with one attached hydrogen (secondary N) is 3. The number of carbonyl (C=O) groups excluding carboxylic acids is 2. The minimum atomic E-state index is -0.385. The van der Waals surface area contributed by atoms with Gasteiger partial charge in [-0.2, -0.15) is 5.10 Å². The molecule has 3 N–H and O–H groups in total. The van der Waals surface area contributed by atoms with Gasteiger partial charge >= 0.3 is 6.03 Å². The molecule has 36 heavy (non-hydrogen) atoms. The number of benzene rings is 1. The van der Waals surface area contributed by atoms with Crippen LogP contribution < -0.4 is 10.6 Å². The number of amides is 3. The molecule has 4 heterocycles. The largest absolute Gasteiger partial charge is 0.363 e. The van der Waals surface area contributed by atoms with Crippen molar-refractivity contribution in [2.75, 3.05) is 31.5 Å². The molecular formula is C26H30FN7O2. The lowest BCUT2D eigenvalue weighted by atomic mass is 10.0. The molecule has 9 nitrogen and oxygen atoms in total. The zero-order valence-electron chi connectivity index (χ0n) is 20.1. The minimum Gasteiger partial charge on any atom is -0.363 e. The van der Waals surface area contributed by atoms with Crippen LogP contribution in [0.25, 0.3) is 22.2 Å². The molecule has 2 aliphatic rings. The lowest BCUT2D eigenvalue weighted by Crippen LogP contribution is -2.42. The first kappa shape index (κ1) is 23.8. The highest BCUT2D eigenvalue weighted by Crippen LogP contribution is 2.33. The van der Waals surface area contributed by atoms with Gasteiger partial charge in [0.05, 0.1) is 5.39 Å². The average molecular weight is 492 g/mol. The van der Waals surface area contributed by atoms with E-state index in [1.807, 2.05) is 12.1 Å². The van der Waals surface area contributed by atoms with Crippen molar-refractivity contribution < 1.29 is 14.0 Å². The smallest absolute Gasteiger partial charge is 0.317 e. The van der Waals surface area contributed by atoms with Crippen LogP contribution in [0.4, 0.5) is 15.0 Å². The van der Waals surface area contributed by atoms with E-state index in [2.05, 4.69) is 32.4 Å². The van der Waals surface area contributed by atoms with Gasteiger partial charge in [-0.05, 0) is 55.0 Å². The molecule has 1 aromatic carbocycles. The van der Waals surface area contributed by atoms with Gasteiger partial charge in [0.2, 0.25) is 5.91 Å². The van der Waals surface area contributed by atoms with Crippen molar-refractivity contribution in [3.8, 4) is 11.1 Å². The summed E-state index contributed by atoms with van der Waals surface area (Å²) in [6.07, 6.45) is 6.93. The minimum absolute atomic E-state index is 0.0380. The molecule has 0 bridgehead atoms. The predicted octanol–water partition coefficient (Wildman–Crippen LogP) is 3.66. The summed E-state index contributed by atoms with van der Waals surface area (Å²) in [6, 6.07) is 6.75. The predicted molar refractivity (Wildman–Crippen MR) is 136 cm³/mol. The quantitative estimate of drug-likeness (QED) is 0.457. The van der Waals surface area contributed by atoms with Gasteiger partial charge in [0, 0.05) is 50.5 Å². The van der Waals surface area contributed by atoms with E-state index in [0.29, 0.717) is 35.7 Å². The van der Waals surface area contributed by atoms with Crippen LogP contribution in [0.1, 0.15) is 31.2 Å². The number of fused-ring (bicyclic) bond motifs is 1. The summed E-state index contributed by atoms with van der Waals surface area (Å²) in [4.78, 5) is 32.2. The monoisotopic (exact) mass is 491 g/mol. The number of pyridine rings is 1. The molecule has 0 aliphatic carbocycles. The number of carbonyl (C=O) groups is 2. The van der Waals surface area contributed by atoms with Crippen molar-refractivity contribution in [2.45, 2.75) is 38.3 Å². The van der Waals surface area contributed by atoms with Gasteiger partial charge in [0.15, 0.2) is 11.5 Å². The van der Waals surface area contributed by atoms with Crippen LogP contribution >= 0.6 is 0 Å². The molecule has 10 heteroatoms. The molecule has 0 radical (unpaired) electrons. The molecule has 5 rings (SSSR count). The van der Waals surface area contributed by atoms with E-state index < -0.39 is 0 Å². The van der Waals surface area contributed by atoms with Crippen LogP contribution in [-0.2, 0) is 11.3 Å². The van der Waals surface area contributed by atoms with E-state index in [1.54, 1.807) is 22.1 Å². The number of aromatic amines is 1. The highest BCUT2D eigenvalue weighted by atomic mass is 19.1. The molecular weight excluding hydrogens is 461 g/mol. The zero-order valence-corrected chi connectivity index (χ0v) is 20.1. The van der Waals surface area contributed by atoms with Gasteiger partial charge in [0.1, 0.15) is 5.82 Å². The van der Waals surface area contributed by atoms with Crippen molar-refractivity contribution in [2.24, 2.45) is 0 Å². The number of rotatable bonds is 6. The van der Waals surface area contributed by atoms with E-state index in [4.69, 9.17) is 0 Å². The molecule has 188 valence electrons. The first-order valence-electron chi connectivity index (χ1n) is 12.4. The van der Waals surface area contributed by atoms with Crippen molar-refractivity contribution >= 4 is 28.8 Å². The van der Waals surface area contributed by atoms with Gasteiger partial charge in [-0.25, -0.2) is 14.2 Å². The van der Waals surface area contributed by atoms with Crippen LogP contribution in [0.3, 0.4) is 0 Å². The van der Waals surface area contributed by atoms with Gasteiger partial charge in [-0.1, -0.05) is 18.7 Å². The second-order valence-electron chi connectivity index (χ2n) is 9.29. The summed E-state index contributed by atoms with van der Waals surface area (Å²) in [5.41, 5.74) is 2.49. The summed E-state index contributed by atoms with van der Waals surface area (Å²) >= 11 is 0. The Morgan fingerprint density at radius 3 is 2.78 bits per heavy atom. The van der Waals surface area contributed by atoms with Gasteiger partial charge < -0.3 is 20.4 Å². The maximum absolute atomic E-state index is 15.1. The maximum Gasteiger partial charge on any atom is 0.317 e. The SMILES string of the molecule is C=CC(=O)N1CC[C@@H](Nc2n[nH]c3nccc(-c4ccc(CNC(=O)N5CCCCC5)c(F)c4)c23)C1. The Hall–Kier alpha value is -3.95. The Kier molecular flexibility index (Phi) is 6.84. The van der Waals surface area contributed by atoms with Crippen molar-refractivity contribution in [3.05, 3.63) is 54.5 Å². The second kappa shape index (κ2) is 10.3. The lowest BCUT2D eigenvalue weighted by Gasteiger charge is -2.26. The highest BCUT2D eigenvalue weighted by Gasteiger charge is 2.26. The second-order valence-corrected chi connectivity index (χ2v) is 9.29. The molecule has 1 atom stereocenters. The average Bonchev–Trinajstić information content (AvgIpc) is 3.55. The van der Waals surface area contributed by atoms with Gasteiger partial charge in [-0.3, -0.25) is 9.89 Å². The molecule has 3 amide bonds. The van der Waals surface area contributed by atoms with E-state index in [1.165, 1.54) is 12.1 Å². The fourth-order valence-electron chi connectivity index (χ4n) is 4.93. The number of halogens is 1. The Bertz CT molecular complexity index is 1280. The number of H-pyrrole nitrogens is 1. The van der Waals surface area contributed by atoms with Crippen LogP contribution in [0.15, 0.2) is 43.1 Å². The number of hydrogen-bond donors (Lipinski definition) is 3. The summed E-state index contributed by atoms with van der Waals surface area (Å²) in [5.74, 6) is 0.143. The van der Waals surface area contributed by atoms with Crippen LogP contribution in [-0.4, -0.2) is 69.1 Å². The third kappa shape index (κ3) is 4.89. The van der Waals surface area contributed by atoms with Crippen LogP contribution in [0, 0.1) is 5.82 Å². The summed E-state index contributed by atoms with van der Waals surface area (Å²) in [7, 11) is 0. The van der Waals surface area contributed by atoms with Crippen molar-refractivity contribution in [1.29, 1.82) is 0 Å². The first-order valence-corrected chi connectivity index (χ1v) is 12.4. The van der Waals surface area contributed by atoms with E-state index in [9.17, 15) is 9.59 Å². The van der Waals surface area contributed by atoms with E-state index in [0.717, 1.165) is 49.7 Å². The number of urea groups is 1. The first-order chi connectivity index (χ1) is 17.5. The van der Waals surface area contributed by atoms with Crippen LogP contribution in [0.2, 0.25) is 0 Å². The zero-order chi connectivity index (χ0) is 25.1. The molecule has 2 fully saturated rings. The Labute approximate surface area is 208 Å².